The number of benzene rings is 3. The molecule has 9 nitrogen and oxygen atoms in total. The van der Waals surface area contributed by atoms with Gasteiger partial charge in [0.25, 0.3) is 5.69 Å². The van der Waals surface area contributed by atoms with E-state index in [4.69, 9.17) is 4.74 Å². The van der Waals surface area contributed by atoms with Crippen molar-refractivity contribution in [2.24, 2.45) is 0 Å². The fourth-order valence-electron chi connectivity index (χ4n) is 4.49. The highest BCUT2D eigenvalue weighted by Gasteiger charge is 2.15. The van der Waals surface area contributed by atoms with Crippen LogP contribution >= 0.6 is 0 Å². The molecule has 1 aliphatic rings. The van der Waals surface area contributed by atoms with Crippen molar-refractivity contribution in [3.8, 4) is 11.1 Å². The van der Waals surface area contributed by atoms with Gasteiger partial charge in [0.15, 0.2) is 0 Å². The second kappa shape index (κ2) is 10.7. The number of amides is 2. The van der Waals surface area contributed by atoms with Gasteiger partial charge in [-0.25, -0.2) is 4.79 Å². The number of morpholine rings is 1. The average Bonchev–Trinajstić information content (AvgIpc) is 2.91. The van der Waals surface area contributed by atoms with Gasteiger partial charge in [0.2, 0.25) is 0 Å². The molecule has 4 aromatic rings. The Morgan fingerprint density at radius 2 is 1.81 bits per heavy atom. The quantitative estimate of drug-likeness (QED) is 0.265. The minimum atomic E-state index is -0.481. The van der Waals surface area contributed by atoms with Gasteiger partial charge in [-0.15, -0.1) is 0 Å². The topological polar surface area (TPSA) is 110 Å². The zero-order chi connectivity index (χ0) is 25.8. The van der Waals surface area contributed by atoms with Crippen molar-refractivity contribution in [2.75, 3.05) is 36.9 Å². The predicted molar refractivity (Wildman–Crippen MR) is 144 cm³/mol. The normalized spacial score (nSPS) is 13.9. The summed E-state index contributed by atoms with van der Waals surface area (Å²) in [5.74, 6) is 0. The van der Waals surface area contributed by atoms with Gasteiger partial charge in [-0.2, -0.15) is 0 Å². The molecule has 1 aliphatic heterocycles. The summed E-state index contributed by atoms with van der Waals surface area (Å²) in [5.41, 5.74) is 4.49. The second-order valence-corrected chi connectivity index (χ2v) is 8.97. The SMILES string of the molecule is Cc1ccc(NC(=O)Nc2ccc(-c3ccc(CN4CCOCC4)nc3)c3ccccc23)cc1[N+](=O)[O-]. The first-order valence-electron chi connectivity index (χ1n) is 12.1. The molecule has 9 heteroatoms. The van der Waals surface area contributed by atoms with Crippen molar-refractivity contribution in [2.45, 2.75) is 13.5 Å². The predicted octanol–water partition coefficient (Wildman–Crippen LogP) is 5.59. The first-order chi connectivity index (χ1) is 18.0. The summed E-state index contributed by atoms with van der Waals surface area (Å²) in [6.07, 6.45) is 1.89. The lowest BCUT2D eigenvalue weighted by Gasteiger charge is -2.26. The van der Waals surface area contributed by atoms with Crippen LogP contribution in [-0.4, -0.2) is 47.1 Å². The van der Waals surface area contributed by atoms with E-state index in [1.165, 1.54) is 6.07 Å². The average molecular weight is 498 g/mol. The molecule has 188 valence electrons. The van der Waals surface area contributed by atoms with E-state index in [2.05, 4.69) is 32.7 Å². The van der Waals surface area contributed by atoms with Crippen molar-refractivity contribution in [1.29, 1.82) is 0 Å². The highest BCUT2D eigenvalue weighted by Crippen LogP contribution is 2.33. The van der Waals surface area contributed by atoms with Crippen LogP contribution in [0.3, 0.4) is 0 Å². The van der Waals surface area contributed by atoms with E-state index in [0.717, 1.165) is 60.4 Å². The van der Waals surface area contributed by atoms with E-state index in [-0.39, 0.29) is 5.69 Å². The summed E-state index contributed by atoms with van der Waals surface area (Å²) >= 11 is 0. The molecule has 0 unspecified atom stereocenters. The molecule has 2 heterocycles. The van der Waals surface area contributed by atoms with Crippen LogP contribution in [0.25, 0.3) is 21.9 Å². The van der Waals surface area contributed by atoms with E-state index in [0.29, 0.717) is 16.9 Å². The van der Waals surface area contributed by atoms with Gasteiger partial charge < -0.3 is 15.4 Å². The Labute approximate surface area is 214 Å². The number of aryl methyl sites for hydroxylation is 1. The fourth-order valence-corrected chi connectivity index (χ4v) is 4.49. The minimum Gasteiger partial charge on any atom is -0.379 e. The molecule has 0 radical (unpaired) electrons. The summed E-state index contributed by atoms with van der Waals surface area (Å²) in [6.45, 7) is 5.80. The molecule has 2 amide bonds. The van der Waals surface area contributed by atoms with Gasteiger partial charge in [0.05, 0.1) is 29.5 Å². The maximum atomic E-state index is 12.7. The number of nitrogens with one attached hydrogen (secondary N) is 2. The van der Waals surface area contributed by atoms with E-state index in [9.17, 15) is 14.9 Å². The number of nitrogens with zero attached hydrogens (tertiary/aromatic N) is 3. The molecule has 3 aromatic carbocycles. The van der Waals surface area contributed by atoms with Crippen molar-refractivity contribution in [3.63, 3.8) is 0 Å². The number of aromatic nitrogens is 1. The van der Waals surface area contributed by atoms with Crippen LogP contribution < -0.4 is 10.6 Å². The van der Waals surface area contributed by atoms with Gasteiger partial charge in [0.1, 0.15) is 0 Å². The van der Waals surface area contributed by atoms with Gasteiger partial charge in [-0.1, -0.05) is 42.5 Å². The Bertz CT molecular complexity index is 1450. The number of anilines is 2. The molecular formula is C28H27N5O4. The molecule has 0 bridgehead atoms. The van der Waals surface area contributed by atoms with Gasteiger partial charge >= 0.3 is 6.03 Å². The first kappa shape index (κ1) is 24.4. The molecule has 2 N–H and O–H groups in total. The summed E-state index contributed by atoms with van der Waals surface area (Å²) in [7, 11) is 0. The number of carbonyl (C=O) groups is 1. The molecule has 1 fully saturated rings. The Hall–Kier alpha value is -4.34. The zero-order valence-electron chi connectivity index (χ0n) is 20.4. The molecule has 1 saturated heterocycles. The van der Waals surface area contributed by atoms with Gasteiger partial charge in [0, 0.05) is 54.1 Å². The third-order valence-corrected chi connectivity index (χ3v) is 6.46. The number of pyridine rings is 1. The van der Waals surface area contributed by atoms with Crippen LogP contribution in [0.2, 0.25) is 0 Å². The third-order valence-electron chi connectivity index (χ3n) is 6.46. The Balaban J connectivity index is 1.35. The Morgan fingerprint density at radius 1 is 1.03 bits per heavy atom. The smallest absolute Gasteiger partial charge is 0.323 e. The van der Waals surface area contributed by atoms with Crippen LogP contribution in [0, 0.1) is 17.0 Å². The van der Waals surface area contributed by atoms with E-state index in [1.54, 1.807) is 19.1 Å². The minimum absolute atomic E-state index is 0.0443. The molecule has 1 aromatic heterocycles. The highest BCUT2D eigenvalue weighted by atomic mass is 16.6. The number of carbonyl (C=O) groups excluding carboxylic acids is 1. The number of nitro benzene ring substituents is 1. The monoisotopic (exact) mass is 497 g/mol. The van der Waals surface area contributed by atoms with Crippen LogP contribution in [0.5, 0.6) is 0 Å². The van der Waals surface area contributed by atoms with Gasteiger partial charge in [-0.05, 0) is 36.1 Å². The molecule has 0 saturated carbocycles. The molecular weight excluding hydrogens is 470 g/mol. The third kappa shape index (κ3) is 5.58. The summed E-state index contributed by atoms with van der Waals surface area (Å²) in [6, 6.07) is 19.9. The van der Waals surface area contributed by atoms with Crippen molar-refractivity contribution in [1.82, 2.24) is 9.88 Å². The van der Waals surface area contributed by atoms with Crippen molar-refractivity contribution < 1.29 is 14.5 Å². The molecule has 5 rings (SSSR count). The summed E-state index contributed by atoms with van der Waals surface area (Å²) in [4.78, 5) is 30.5. The number of urea groups is 1. The number of nitro groups is 1. The lowest BCUT2D eigenvalue weighted by atomic mass is 9.98. The van der Waals surface area contributed by atoms with E-state index < -0.39 is 11.0 Å². The maximum Gasteiger partial charge on any atom is 0.323 e. The lowest BCUT2D eigenvalue weighted by molar-refractivity contribution is -0.385. The number of ether oxygens (including phenoxy) is 1. The number of fused-ring (bicyclic) bond motifs is 1. The number of rotatable bonds is 6. The summed E-state index contributed by atoms with van der Waals surface area (Å²) < 4.78 is 5.42. The molecule has 0 spiro atoms. The van der Waals surface area contributed by atoms with Crippen LogP contribution in [0.4, 0.5) is 21.9 Å². The highest BCUT2D eigenvalue weighted by molar-refractivity contribution is 6.09. The van der Waals surface area contributed by atoms with Crippen LogP contribution in [0.1, 0.15) is 11.3 Å². The molecule has 37 heavy (non-hydrogen) atoms. The van der Waals surface area contributed by atoms with Crippen LogP contribution in [0.15, 0.2) is 72.9 Å². The number of hydrogen-bond donors (Lipinski definition) is 2. The lowest BCUT2D eigenvalue weighted by Crippen LogP contribution is -2.35. The van der Waals surface area contributed by atoms with Crippen molar-refractivity contribution in [3.05, 3.63) is 94.3 Å². The second-order valence-electron chi connectivity index (χ2n) is 8.97. The van der Waals surface area contributed by atoms with Gasteiger partial charge in [-0.3, -0.25) is 20.0 Å². The zero-order valence-corrected chi connectivity index (χ0v) is 20.4. The first-order valence-corrected chi connectivity index (χ1v) is 12.1. The standard InChI is InChI=1S/C28H27N5O4/c1-19-6-8-21(16-27(19)33(35)36)30-28(34)31-26-11-10-23(24-4-2-3-5-25(24)26)20-7-9-22(29-17-20)18-32-12-14-37-15-13-32/h2-11,16-17H,12-15,18H2,1H3,(H2,30,31,34). The Kier molecular flexibility index (Phi) is 7.07. The van der Waals surface area contributed by atoms with E-state index >= 15 is 0 Å². The Morgan fingerprint density at radius 3 is 2.54 bits per heavy atom. The van der Waals surface area contributed by atoms with Crippen molar-refractivity contribution >= 4 is 33.9 Å². The van der Waals surface area contributed by atoms with Crippen LogP contribution in [-0.2, 0) is 11.3 Å². The van der Waals surface area contributed by atoms with E-state index in [1.807, 2.05) is 42.6 Å². The molecule has 0 aliphatic carbocycles. The largest absolute Gasteiger partial charge is 0.379 e. The maximum absolute atomic E-state index is 12.7. The summed E-state index contributed by atoms with van der Waals surface area (Å²) in [5, 5.41) is 18.6. The fraction of sp³-hybridized carbons (Fsp3) is 0.214. The number of hydrogen-bond acceptors (Lipinski definition) is 6. The molecule has 0 atom stereocenters.